The van der Waals surface area contributed by atoms with Crippen molar-refractivity contribution in [3.05, 3.63) is 54.1 Å². The van der Waals surface area contributed by atoms with Gasteiger partial charge in [0.1, 0.15) is 17.1 Å². The molecule has 0 fully saturated rings. The lowest BCUT2D eigenvalue weighted by Gasteiger charge is -2.37. The molecule has 0 N–H and O–H groups in total. The molecule has 2 nitrogen and oxygen atoms in total. The summed E-state index contributed by atoms with van der Waals surface area (Å²) in [6.07, 6.45) is 0. The average Bonchev–Trinajstić information content (AvgIpc) is 2.84. The van der Waals surface area contributed by atoms with Crippen molar-refractivity contribution in [2.24, 2.45) is 0 Å². The summed E-state index contributed by atoms with van der Waals surface area (Å²) < 4.78 is 12.7. The minimum Gasteiger partial charge on any atom is -0.543 e. The zero-order valence-electron chi connectivity index (χ0n) is 15.4. The van der Waals surface area contributed by atoms with E-state index in [9.17, 15) is 0 Å². The number of hydrogen-bond acceptors (Lipinski definition) is 2. The summed E-state index contributed by atoms with van der Waals surface area (Å²) in [6.45, 7) is 13.4. The molecule has 0 atom stereocenters. The van der Waals surface area contributed by atoms with Crippen LogP contribution < -0.4 is 4.43 Å². The predicted molar refractivity (Wildman–Crippen MR) is 104 cm³/mol. The molecule has 0 saturated heterocycles. The molecular formula is C21H26O2Si. The summed E-state index contributed by atoms with van der Waals surface area (Å²) in [6, 6.07) is 16.4. The summed E-state index contributed by atoms with van der Waals surface area (Å²) >= 11 is 0. The molecule has 2 aromatic carbocycles. The average molecular weight is 339 g/mol. The van der Waals surface area contributed by atoms with Gasteiger partial charge in [-0.3, -0.25) is 0 Å². The Morgan fingerprint density at radius 2 is 1.54 bits per heavy atom. The molecule has 0 unspecified atom stereocenters. The van der Waals surface area contributed by atoms with Crippen LogP contribution in [0.2, 0.25) is 18.1 Å². The number of rotatable bonds is 3. The van der Waals surface area contributed by atoms with E-state index in [0.29, 0.717) is 0 Å². The molecule has 1 heterocycles. The number of hydrogen-bond donors (Lipinski definition) is 0. The van der Waals surface area contributed by atoms with E-state index in [1.807, 2.05) is 30.3 Å². The lowest BCUT2D eigenvalue weighted by molar-refractivity contribution is 0.491. The van der Waals surface area contributed by atoms with Crippen molar-refractivity contribution in [3.63, 3.8) is 0 Å². The Labute approximate surface area is 145 Å². The van der Waals surface area contributed by atoms with E-state index in [2.05, 4.69) is 59.0 Å². The number of furan rings is 1. The molecule has 126 valence electrons. The number of fused-ring (bicyclic) bond motifs is 1. The van der Waals surface area contributed by atoms with Crippen LogP contribution in [-0.4, -0.2) is 8.32 Å². The van der Waals surface area contributed by atoms with Crippen LogP contribution in [0.1, 0.15) is 26.3 Å². The van der Waals surface area contributed by atoms with Crippen LogP contribution in [0.4, 0.5) is 0 Å². The van der Waals surface area contributed by atoms with Gasteiger partial charge in [-0.2, -0.15) is 0 Å². The van der Waals surface area contributed by atoms with E-state index in [4.69, 9.17) is 8.84 Å². The zero-order chi connectivity index (χ0) is 17.5. The zero-order valence-corrected chi connectivity index (χ0v) is 16.4. The molecule has 0 aliphatic heterocycles. The van der Waals surface area contributed by atoms with Gasteiger partial charge in [-0.15, -0.1) is 0 Å². The van der Waals surface area contributed by atoms with Gasteiger partial charge in [-0.05, 0) is 43.3 Å². The highest BCUT2D eigenvalue weighted by Gasteiger charge is 2.39. The fourth-order valence-corrected chi connectivity index (χ4v) is 3.64. The molecule has 3 aromatic rings. The highest BCUT2D eigenvalue weighted by atomic mass is 28.4. The van der Waals surface area contributed by atoms with Crippen LogP contribution in [0.25, 0.3) is 22.3 Å². The number of para-hydroxylation sites is 2. The summed E-state index contributed by atoms with van der Waals surface area (Å²) in [5.74, 6) is 1.83. The van der Waals surface area contributed by atoms with Gasteiger partial charge in [0.15, 0.2) is 0 Å². The summed E-state index contributed by atoms with van der Waals surface area (Å²) in [5, 5.41) is 1.32. The monoisotopic (exact) mass is 338 g/mol. The molecule has 0 aliphatic rings. The predicted octanol–water partition coefficient (Wildman–Crippen LogP) is 6.79. The Kier molecular flexibility index (Phi) is 4.08. The molecule has 1 aromatic heterocycles. The molecule has 3 heteroatoms. The fourth-order valence-electron chi connectivity index (χ4n) is 2.60. The summed E-state index contributed by atoms with van der Waals surface area (Å²) in [5.41, 5.74) is 3.13. The fraction of sp³-hybridized carbons (Fsp3) is 0.333. The van der Waals surface area contributed by atoms with Gasteiger partial charge in [-0.1, -0.05) is 51.1 Å². The third kappa shape index (κ3) is 2.89. The molecule has 0 spiro atoms. The van der Waals surface area contributed by atoms with E-state index in [1.54, 1.807) is 0 Å². The second-order valence-corrected chi connectivity index (χ2v) is 12.6. The Balaban J connectivity index is 2.11. The summed E-state index contributed by atoms with van der Waals surface area (Å²) in [7, 11) is -1.91. The SMILES string of the molecule is Cc1c(-c2ccccc2O[Si](C)(C)C(C)(C)C)oc2ccccc12. The van der Waals surface area contributed by atoms with E-state index in [0.717, 1.165) is 33.6 Å². The lowest BCUT2D eigenvalue weighted by atomic mass is 10.1. The lowest BCUT2D eigenvalue weighted by Crippen LogP contribution is -2.43. The Morgan fingerprint density at radius 1 is 0.917 bits per heavy atom. The summed E-state index contributed by atoms with van der Waals surface area (Å²) in [4.78, 5) is 0. The Hall–Kier alpha value is -2.00. The normalized spacial score (nSPS) is 12.6. The van der Waals surface area contributed by atoms with Crippen LogP contribution in [0.5, 0.6) is 5.75 Å². The van der Waals surface area contributed by atoms with Crippen molar-refractivity contribution in [2.45, 2.75) is 45.8 Å². The highest BCUT2D eigenvalue weighted by molar-refractivity contribution is 6.74. The second kappa shape index (κ2) is 5.82. The largest absolute Gasteiger partial charge is 0.543 e. The van der Waals surface area contributed by atoms with Crippen molar-refractivity contribution < 1.29 is 8.84 Å². The van der Waals surface area contributed by atoms with Crippen molar-refractivity contribution in [3.8, 4) is 17.1 Å². The second-order valence-electron chi connectivity index (χ2n) is 7.91. The first-order valence-corrected chi connectivity index (χ1v) is 11.4. The van der Waals surface area contributed by atoms with Gasteiger partial charge >= 0.3 is 0 Å². The molecule has 3 rings (SSSR count). The third-order valence-corrected chi connectivity index (χ3v) is 9.49. The topological polar surface area (TPSA) is 22.4 Å². The molecule has 0 radical (unpaired) electrons. The first-order chi connectivity index (χ1) is 11.2. The van der Waals surface area contributed by atoms with Crippen LogP contribution in [0.3, 0.4) is 0 Å². The van der Waals surface area contributed by atoms with Gasteiger partial charge in [0.25, 0.3) is 8.32 Å². The maximum Gasteiger partial charge on any atom is 0.250 e. The van der Waals surface area contributed by atoms with E-state index in [1.165, 1.54) is 0 Å². The quantitative estimate of drug-likeness (QED) is 0.490. The van der Waals surface area contributed by atoms with Gasteiger partial charge in [0, 0.05) is 10.9 Å². The van der Waals surface area contributed by atoms with Crippen molar-refractivity contribution in [1.29, 1.82) is 0 Å². The van der Waals surface area contributed by atoms with E-state index in [-0.39, 0.29) is 5.04 Å². The van der Waals surface area contributed by atoms with Gasteiger partial charge < -0.3 is 8.84 Å². The Bertz CT molecular complexity index is 869. The van der Waals surface area contributed by atoms with E-state index >= 15 is 0 Å². The molecule has 0 amide bonds. The minimum absolute atomic E-state index is 0.156. The van der Waals surface area contributed by atoms with E-state index < -0.39 is 8.32 Å². The van der Waals surface area contributed by atoms with Gasteiger partial charge in [-0.25, -0.2) is 0 Å². The number of benzene rings is 2. The maximum atomic E-state index is 6.58. The molecule has 0 saturated carbocycles. The van der Waals surface area contributed by atoms with Crippen molar-refractivity contribution in [2.75, 3.05) is 0 Å². The molecule has 0 bridgehead atoms. The van der Waals surface area contributed by atoms with Crippen molar-refractivity contribution in [1.82, 2.24) is 0 Å². The van der Waals surface area contributed by atoms with Crippen LogP contribution >= 0.6 is 0 Å². The third-order valence-electron chi connectivity index (χ3n) is 5.15. The first kappa shape index (κ1) is 16.8. The highest BCUT2D eigenvalue weighted by Crippen LogP contribution is 2.42. The first-order valence-electron chi connectivity index (χ1n) is 8.47. The van der Waals surface area contributed by atoms with Crippen LogP contribution in [-0.2, 0) is 0 Å². The number of aryl methyl sites for hydroxylation is 1. The van der Waals surface area contributed by atoms with Crippen molar-refractivity contribution >= 4 is 19.3 Å². The van der Waals surface area contributed by atoms with Gasteiger partial charge in [0.05, 0.1) is 5.56 Å². The maximum absolute atomic E-state index is 6.58. The molecular weight excluding hydrogens is 312 g/mol. The van der Waals surface area contributed by atoms with Crippen LogP contribution in [0, 0.1) is 6.92 Å². The Morgan fingerprint density at radius 3 is 2.21 bits per heavy atom. The minimum atomic E-state index is -1.91. The standard InChI is InChI=1S/C21H26O2Si/c1-15-16-11-7-9-13-18(16)22-20(15)17-12-8-10-14-19(17)23-24(5,6)21(2,3)4/h7-14H,1-6H3. The smallest absolute Gasteiger partial charge is 0.250 e. The molecule has 24 heavy (non-hydrogen) atoms. The van der Waals surface area contributed by atoms with Crippen LogP contribution in [0.15, 0.2) is 52.9 Å². The molecule has 0 aliphatic carbocycles. The van der Waals surface area contributed by atoms with Gasteiger partial charge in [0.2, 0.25) is 0 Å².